The summed E-state index contributed by atoms with van der Waals surface area (Å²) in [7, 11) is 4.20. The molecule has 138 valence electrons. The monoisotopic (exact) mass is 354 g/mol. The van der Waals surface area contributed by atoms with Crippen LogP contribution in [0, 0.1) is 0 Å². The number of benzene rings is 1. The predicted molar refractivity (Wildman–Crippen MR) is 98.5 cm³/mol. The van der Waals surface area contributed by atoms with Crippen LogP contribution in [0.5, 0.6) is 0 Å². The molecule has 6 nitrogen and oxygen atoms in total. The van der Waals surface area contributed by atoms with Crippen LogP contribution in [0.3, 0.4) is 0 Å². The van der Waals surface area contributed by atoms with Crippen LogP contribution in [-0.4, -0.2) is 58.8 Å². The third kappa shape index (κ3) is 3.52. The molecule has 3 heterocycles. The van der Waals surface area contributed by atoms with Crippen LogP contribution in [0.1, 0.15) is 40.5 Å². The van der Waals surface area contributed by atoms with Crippen LogP contribution in [-0.2, 0) is 19.6 Å². The minimum atomic E-state index is -0.0637. The molecule has 2 aromatic rings. The number of oxazole rings is 1. The maximum absolute atomic E-state index is 12.7. The molecule has 6 heteroatoms. The molecule has 0 atom stereocenters. The Bertz CT molecular complexity index is 740. The lowest BCUT2D eigenvalue weighted by molar-refractivity contribution is 0.0619. The van der Waals surface area contributed by atoms with Crippen molar-refractivity contribution in [2.45, 2.75) is 38.5 Å². The van der Waals surface area contributed by atoms with E-state index in [4.69, 9.17) is 4.42 Å². The lowest BCUT2D eigenvalue weighted by Crippen LogP contribution is -2.44. The van der Waals surface area contributed by atoms with Crippen molar-refractivity contribution >= 4 is 5.91 Å². The van der Waals surface area contributed by atoms with Crippen LogP contribution in [0.2, 0.25) is 0 Å². The molecule has 0 spiro atoms. The zero-order valence-corrected chi connectivity index (χ0v) is 15.5. The molecule has 2 aliphatic heterocycles. The second kappa shape index (κ2) is 7.21. The van der Waals surface area contributed by atoms with E-state index in [-0.39, 0.29) is 11.8 Å². The van der Waals surface area contributed by atoms with Gasteiger partial charge in [0, 0.05) is 32.2 Å². The Kier molecular flexibility index (Phi) is 4.78. The first kappa shape index (κ1) is 17.2. The van der Waals surface area contributed by atoms with Gasteiger partial charge in [-0.2, -0.15) is 0 Å². The highest BCUT2D eigenvalue weighted by molar-refractivity contribution is 5.89. The number of aromatic nitrogens is 1. The first-order valence-corrected chi connectivity index (χ1v) is 9.30. The number of rotatable bonds is 4. The van der Waals surface area contributed by atoms with Gasteiger partial charge in [-0.25, -0.2) is 4.98 Å². The van der Waals surface area contributed by atoms with Crippen molar-refractivity contribution in [3.63, 3.8) is 0 Å². The summed E-state index contributed by atoms with van der Waals surface area (Å²) in [5, 5.41) is 0. The molecule has 26 heavy (non-hydrogen) atoms. The van der Waals surface area contributed by atoms with Crippen LogP contribution in [0.25, 0.3) is 0 Å². The Balaban J connectivity index is 1.36. The summed E-state index contributed by atoms with van der Waals surface area (Å²) in [5.41, 5.74) is 2.19. The normalized spacial score (nSPS) is 18.5. The molecular weight excluding hydrogens is 328 g/mol. The van der Waals surface area contributed by atoms with E-state index in [0.717, 1.165) is 50.5 Å². The van der Waals surface area contributed by atoms with E-state index in [1.54, 1.807) is 0 Å². The van der Waals surface area contributed by atoms with E-state index in [2.05, 4.69) is 53.1 Å². The highest BCUT2D eigenvalue weighted by Gasteiger charge is 2.31. The van der Waals surface area contributed by atoms with Crippen molar-refractivity contribution in [1.82, 2.24) is 19.7 Å². The number of carbonyl (C=O) groups is 1. The highest BCUT2D eigenvalue weighted by atomic mass is 16.4. The summed E-state index contributed by atoms with van der Waals surface area (Å²) in [6.45, 7) is 3.87. The Morgan fingerprint density at radius 3 is 2.58 bits per heavy atom. The summed E-state index contributed by atoms with van der Waals surface area (Å²) < 4.78 is 5.83. The van der Waals surface area contributed by atoms with Gasteiger partial charge in [-0.3, -0.25) is 9.69 Å². The first-order valence-electron chi connectivity index (χ1n) is 9.30. The lowest BCUT2D eigenvalue weighted by atomic mass is 10.0. The van der Waals surface area contributed by atoms with Gasteiger partial charge in [-0.15, -0.1) is 0 Å². The van der Waals surface area contributed by atoms with E-state index in [0.29, 0.717) is 12.6 Å². The summed E-state index contributed by atoms with van der Waals surface area (Å²) in [5.74, 6) is 1.04. The van der Waals surface area contributed by atoms with Crippen LogP contribution >= 0.6 is 0 Å². The quantitative estimate of drug-likeness (QED) is 0.844. The molecule has 4 rings (SSSR count). The molecule has 1 amide bonds. The number of likely N-dealkylation sites (tertiary alicyclic amines) is 1. The largest absolute Gasteiger partial charge is 0.436 e. The number of hydrogen-bond donors (Lipinski definition) is 0. The van der Waals surface area contributed by atoms with Gasteiger partial charge in [0.1, 0.15) is 5.76 Å². The molecule has 1 saturated heterocycles. The van der Waals surface area contributed by atoms with Crippen molar-refractivity contribution in [3.8, 4) is 0 Å². The van der Waals surface area contributed by atoms with Gasteiger partial charge >= 0.3 is 5.91 Å². The fraction of sp³-hybridized carbons (Fsp3) is 0.500. The van der Waals surface area contributed by atoms with Gasteiger partial charge in [0.15, 0.2) is 0 Å². The summed E-state index contributed by atoms with van der Waals surface area (Å²) in [6.07, 6.45) is 2.01. The number of carbonyl (C=O) groups excluding carboxylic acids is 1. The number of hydrogen-bond acceptors (Lipinski definition) is 5. The van der Waals surface area contributed by atoms with Crippen molar-refractivity contribution in [3.05, 3.63) is 53.2 Å². The van der Waals surface area contributed by atoms with Crippen LogP contribution < -0.4 is 0 Å². The number of fused-ring (bicyclic) bond motifs is 1. The number of amides is 1. The third-order valence-corrected chi connectivity index (χ3v) is 5.43. The van der Waals surface area contributed by atoms with E-state index < -0.39 is 0 Å². The molecular formula is C20H26N4O2. The molecule has 1 aromatic carbocycles. The van der Waals surface area contributed by atoms with Crippen molar-refractivity contribution in [1.29, 1.82) is 0 Å². The topological polar surface area (TPSA) is 52.8 Å². The third-order valence-electron chi connectivity index (χ3n) is 5.43. The second-order valence-electron chi connectivity index (χ2n) is 7.51. The molecule has 0 saturated carbocycles. The van der Waals surface area contributed by atoms with Gasteiger partial charge in [0.2, 0.25) is 0 Å². The van der Waals surface area contributed by atoms with Gasteiger partial charge in [0.25, 0.3) is 5.89 Å². The van der Waals surface area contributed by atoms with Crippen molar-refractivity contribution < 1.29 is 9.21 Å². The van der Waals surface area contributed by atoms with E-state index in [1.165, 1.54) is 5.56 Å². The van der Waals surface area contributed by atoms with Crippen LogP contribution in [0.15, 0.2) is 34.7 Å². The summed E-state index contributed by atoms with van der Waals surface area (Å²) in [6, 6.07) is 10.9. The Labute approximate surface area is 154 Å². The van der Waals surface area contributed by atoms with E-state index in [1.807, 2.05) is 11.0 Å². The molecule has 1 aromatic heterocycles. The second-order valence-corrected chi connectivity index (χ2v) is 7.51. The average Bonchev–Trinajstić information content (AvgIpc) is 3.20. The Morgan fingerprint density at radius 1 is 1.19 bits per heavy atom. The van der Waals surface area contributed by atoms with Gasteiger partial charge in [-0.1, -0.05) is 30.3 Å². The van der Waals surface area contributed by atoms with Gasteiger partial charge < -0.3 is 14.2 Å². The maximum Gasteiger partial charge on any atom is 0.309 e. The minimum absolute atomic E-state index is 0.0637. The van der Waals surface area contributed by atoms with Gasteiger partial charge in [-0.05, 0) is 32.5 Å². The SMILES string of the molecule is CN(C)C1CCN(C(=O)c2nc3c(o2)CN(Cc2ccccc2)C3)CC1. The molecule has 1 fully saturated rings. The molecule has 2 aliphatic rings. The Morgan fingerprint density at radius 2 is 1.92 bits per heavy atom. The highest BCUT2D eigenvalue weighted by Crippen LogP contribution is 2.26. The van der Waals surface area contributed by atoms with Gasteiger partial charge in [0.05, 0.1) is 12.2 Å². The first-order chi connectivity index (χ1) is 12.6. The van der Waals surface area contributed by atoms with Crippen molar-refractivity contribution in [2.75, 3.05) is 27.2 Å². The minimum Gasteiger partial charge on any atom is -0.436 e. The molecule has 0 N–H and O–H groups in total. The summed E-state index contributed by atoms with van der Waals surface area (Å²) in [4.78, 5) is 23.6. The standard InChI is InChI=1S/C20H26N4O2/c1-22(2)16-8-10-24(11-9-16)20(25)19-21-17-13-23(14-18(17)26-19)12-15-6-4-3-5-7-15/h3-7,16H,8-14H2,1-2H3. The molecule has 0 unspecified atom stereocenters. The molecule has 0 radical (unpaired) electrons. The zero-order valence-electron chi connectivity index (χ0n) is 15.5. The molecule has 0 bridgehead atoms. The van der Waals surface area contributed by atoms with Crippen LogP contribution in [0.4, 0.5) is 0 Å². The lowest BCUT2D eigenvalue weighted by Gasteiger charge is -2.34. The fourth-order valence-corrected chi connectivity index (χ4v) is 3.87. The van der Waals surface area contributed by atoms with E-state index in [9.17, 15) is 4.79 Å². The smallest absolute Gasteiger partial charge is 0.309 e. The maximum atomic E-state index is 12.7. The molecule has 0 aliphatic carbocycles. The Hall–Kier alpha value is -2.18. The summed E-state index contributed by atoms with van der Waals surface area (Å²) >= 11 is 0. The average molecular weight is 354 g/mol. The number of piperidine rings is 1. The van der Waals surface area contributed by atoms with E-state index >= 15 is 0 Å². The fourth-order valence-electron chi connectivity index (χ4n) is 3.87. The number of nitrogens with zero attached hydrogens (tertiary/aromatic N) is 4. The predicted octanol–water partition coefficient (Wildman–Crippen LogP) is 2.36. The van der Waals surface area contributed by atoms with Crippen molar-refractivity contribution in [2.24, 2.45) is 0 Å². The zero-order chi connectivity index (χ0) is 18.1.